The molecular formula is C43H58FN5O5S. The molecule has 1 unspecified atom stereocenters. The van der Waals surface area contributed by atoms with Crippen molar-refractivity contribution in [3.63, 3.8) is 0 Å². The highest BCUT2D eigenvalue weighted by Crippen LogP contribution is 2.51. The third kappa shape index (κ3) is 9.98. The Balaban J connectivity index is 1.03. The van der Waals surface area contributed by atoms with E-state index in [1.54, 1.807) is 12.1 Å². The topological polar surface area (TPSA) is 134 Å². The molecule has 2 aromatic carbocycles. The number of carbonyl (C=O) groups is 4. The van der Waals surface area contributed by atoms with Crippen molar-refractivity contribution in [1.29, 1.82) is 0 Å². The number of halogens is 1. The van der Waals surface area contributed by atoms with Crippen molar-refractivity contribution in [3.05, 3.63) is 77.1 Å². The van der Waals surface area contributed by atoms with Crippen LogP contribution < -0.4 is 15.8 Å². The Hall–Kier alpha value is -4.19. The van der Waals surface area contributed by atoms with Gasteiger partial charge in [0.1, 0.15) is 24.0 Å². The molecule has 10 nitrogen and oxygen atoms in total. The van der Waals surface area contributed by atoms with Crippen LogP contribution in [-0.4, -0.2) is 68.5 Å². The first-order valence-corrected chi connectivity index (χ1v) is 21.1. The molecule has 0 radical (unpaired) electrons. The van der Waals surface area contributed by atoms with Crippen LogP contribution in [0.2, 0.25) is 0 Å². The second-order valence-electron chi connectivity index (χ2n) is 17.0. The summed E-state index contributed by atoms with van der Waals surface area (Å²) in [7, 11) is -0.154. The van der Waals surface area contributed by atoms with Crippen LogP contribution in [0.3, 0.4) is 0 Å². The van der Waals surface area contributed by atoms with Gasteiger partial charge in [-0.1, -0.05) is 80.7 Å². The molecule has 6 atom stereocenters. The molecule has 2 aliphatic carbocycles. The maximum Gasteiger partial charge on any atom is 0.410 e. The summed E-state index contributed by atoms with van der Waals surface area (Å²) < 4.78 is 23.7. The van der Waals surface area contributed by atoms with Gasteiger partial charge in [-0.15, -0.1) is 0 Å². The summed E-state index contributed by atoms with van der Waals surface area (Å²) in [5, 5.41) is 5.61. The fourth-order valence-electron chi connectivity index (χ4n) is 7.69. The molecular weight excluding hydrogens is 718 g/mol. The molecule has 0 spiro atoms. The summed E-state index contributed by atoms with van der Waals surface area (Å²) >= 11 is 0. The highest BCUT2D eigenvalue weighted by Gasteiger charge is 2.46. The number of likely N-dealkylation sites (tertiary alicyclic amines) is 1. The zero-order valence-corrected chi connectivity index (χ0v) is 33.8. The van der Waals surface area contributed by atoms with Gasteiger partial charge in [-0.25, -0.2) is 9.18 Å². The number of unbranched alkanes of at least 4 members (excludes halogenated alkanes) is 3. The minimum Gasteiger partial charge on any atom is -0.444 e. The number of fused-ring (bicyclic) bond motifs is 1. The van der Waals surface area contributed by atoms with E-state index in [4.69, 9.17) is 10.5 Å². The van der Waals surface area contributed by atoms with E-state index < -0.39 is 30.2 Å². The van der Waals surface area contributed by atoms with E-state index in [0.29, 0.717) is 17.9 Å². The normalized spacial score (nSPS) is 23.7. The predicted octanol–water partition coefficient (Wildman–Crippen LogP) is 7.33. The molecule has 1 saturated heterocycles. The number of rotatable bonds is 15. The van der Waals surface area contributed by atoms with E-state index in [0.717, 1.165) is 48.9 Å². The van der Waals surface area contributed by atoms with Gasteiger partial charge in [-0.2, -0.15) is 0 Å². The lowest BCUT2D eigenvalue weighted by Gasteiger charge is -2.29. The van der Waals surface area contributed by atoms with Gasteiger partial charge in [0.25, 0.3) is 0 Å². The van der Waals surface area contributed by atoms with Crippen LogP contribution in [0.15, 0.2) is 54.6 Å². The predicted molar refractivity (Wildman–Crippen MR) is 217 cm³/mol. The first kappa shape index (κ1) is 40.5. The molecule has 0 bridgehead atoms. The average molecular weight is 776 g/mol. The maximum absolute atomic E-state index is 14.3. The van der Waals surface area contributed by atoms with Gasteiger partial charge in [0.2, 0.25) is 17.7 Å². The second kappa shape index (κ2) is 16.9. The van der Waals surface area contributed by atoms with E-state index in [1.165, 1.54) is 28.7 Å². The van der Waals surface area contributed by atoms with Crippen molar-refractivity contribution < 1.29 is 28.3 Å². The molecule has 55 heavy (non-hydrogen) atoms. The number of nitrogens with two attached hydrogens (primary N) is 1. The Morgan fingerprint density at radius 1 is 1.07 bits per heavy atom. The zero-order chi connectivity index (χ0) is 39.5. The summed E-state index contributed by atoms with van der Waals surface area (Å²) in [4.78, 5) is 55.9. The molecule has 12 heteroatoms. The van der Waals surface area contributed by atoms with Crippen molar-refractivity contribution in [2.75, 3.05) is 11.9 Å². The van der Waals surface area contributed by atoms with Gasteiger partial charge in [0.15, 0.2) is 0 Å². The fourth-order valence-corrected chi connectivity index (χ4v) is 9.53. The Morgan fingerprint density at radius 2 is 1.84 bits per heavy atom. The van der Waals surface area contributed by atoms with Crippen LogP contribution in [0.25, 0.3) is 0 Å². The number of benzene rings is 2. The number of nitrogens with one attached hydrogen (secondary N) is 2. The van der Waals surface area contributed by atoms with E-state index >= 15 is 0 Å². The number of primary amides is 1. The molecule has 2 heterocycles. The minimum atomic E-state index is -0.926. The third-order valence-corrected chi connectivity index (χ3v) is 13.9. The largest absolute Gasteiger partial charge is 0.444 e. The number of carbonyl (C=O) groups excluding carboxylic acids is 4. The Bertz CT molecular complexity index is 1840. The van der Waals surface area contributed by atoms with Gasteiger partial charge in [-0.05, 0) is 98.4 Å². The van der Waals surface area contributed by atoms with Gasteiger partial charge < -0.3 is 25.4 Å². The van der Waals surface area contributed by atoms with E-state index in [1.807, 2.05) is 19.1 Å². The summed E-state index contributed by atoms with van der Waals surface area (Å²) in [5.74, 6) is -0.729. The van der Waals surface area contributed by atoms with E-state index in [-0.39, 0.29) is 70.4 Å². The molecule has 0 aromatic heterocycles. The Morgan fingerprint density at radius 3 is 2.53 bits per heavy atom. The molecule has 2 aliphatic heterocycles. The number of nitrogens with zero attached hydrogens (tertiary/aromatic N) is 2. The summed E-state index contributed by atoms with van der Waals surface area (Å²) in [6.45, 7) is 11.1. The molecule has 4 N–H and O–H groups in total. The first-order chi connectivity index (χ1) is 26.2. The lowest BCUT2D eigenvalue weighted by Crippen LogP contribution is -2.49. The number of hydrogen-bond donors (Lipinski definition) is 3. The van der Waals surface area contributed by atoms with Crippen molar-refractivity contribution in [2.45, 2.75) is 134 Å². The van der Waals surface area contributed by atoms with Crippen LogP contribution in [0.1, 0.15) is 109 Å². The van der Waals surface area contributed by atoms with Crippen molar-refractivity contribution in [1.82, 2.24) is 14.5 Å². The van der Waals surface area contributed by atoms with Crippen molar-refractivity contribution >= 4 is 45.5 Å². The highest BCUT2D eigenvalue weighted by atomic mass is 32.2. The SMILES string of the molecule is C/C=S(/NC(=O)[C@H]1C[C@H]1/C=C\CCCCC[C@H](Nc1cccc(C(C)(C)C)c1)C(=O)N1C[C@H](OC(=O)N2Cc3cccc(F)c3C2)C[C@H]1C(N)=O)C1(C)CC1. The fraction of sp³-hybridized carbons (Fsp3) is 0.558. The number of allylic oxidation sites excluding steroid dienone is 2. The molecule has 4 aliphatic rings. The van der Waals surface area contributed by atoms with Crippen LogP contribution >= 0.6 is 10.7 Å². The number of hydrogen-bond acceptors (Lipinski definition) is 6. The van der Waals surface area contributed by atoms with Gasteiger partial charge in [0, 0.05) is 34.9 Å². The standard InChI is InChI=1S/C43H58FN5O5S/c1-6-55(43(5)20-21-43)47-39(51)33-22-28(33)14-10-8-7-9-11-19-36(46-31-17-13-16-30(23-31)42(2,3)4)40(52)49-26-32(24-37(49)38(45)50)54-41(53)48-25-29-15-12-18-35(44)34(29)27-48/h6,10,12-18,23,28,32-33,36-37,46H,7-9,11,19-22,24-27H2,1-5H3,(H2,45,50)(H,47,51)/b14-10-/t28-,32-,33+,36+,37+,55?/m1/s1. The third-order valence-electron chi connectivity index (χ3n) is 11.5. The lowest BCUT2D eigenvalue weighted by atomic mass is 9.87. The molecule has 298 valence electrons. The first-order valence-electron chi connectivity index (χ1n) is 19.9. The maximum atomic E-state index is 14.3. The van der Waals surface area contributed by atoms with E-state index in [9.17, 15) is 23.6 Å². The van der Waals surface area contributed by atoms with Gasteiger partial charge in [0.05, 0.1) is 13.1 Å². The number of ether oxygens (including phenoxy) is 1. The molecule has 3 fully saturated rings. The molecule has 6 rings (SSSR count). The van der Waals surface area contributed by atoms with Gasteiger partial charge in [-0.3, -0.25) is 19.3 Å². The molecule has 2 saturated carbocycles. The Labute approximate surface area is 327 Å². The van der Waals surface area contributed by atoms with E-state index in [2.05, 4.69) is 67.4 Å². The average Bonchev–Trinajstić information content (AvgIpc) is 3.99. The summed E-state index contributed by atoms with van der Waals surface area (Å²) in [6.07, 6.45) is 10.4. The van der Waals surface area contributed by atoms with Crippen molar-refractivity contribution in [2.24, 2.45) is 17.6 Å². The number of anilines is 1. The smallest absolute Gasteiger partial charge is 0.410 e. The van der Waals surface area contributed by atoms with Crippen LogP contribution in [0.5, 0.6) is 0 Å². The highest BCUT2D eigenvalue weighted by molar-refractivity contribution is 8.15. The second-order valence-corrected chi connectivity index (χ2v) is 19.3. The molecule has 4 amide bonds. The summed E-state index contributed by atoms with van der Waals surface area (Å²) in [6, 6.07) is 11.3. The summed E-state index contributed by atoms with van der Waals surface area (Å²) in [5.41, 5.74) is 8.87. The van der Waals surface area contributed by atoms with Crippen LogP contribution in [-0.2, 0) is 37.6 Å². The van der Waals surface area contributed by atoms with Crippen molar-refractivity contribution in [3.8, 4) is 0 Å². The van der Waals surface area contributed by atoms with Crippen LogP contribution in [0.4, 0.5) is 14.9 Å². The quantitative estimate of drug-likeness (QED) is 0.0986. The molecule has 2 aromatic rings. The zero-order valence-electron chi connectivity index (χ0n) is 32.9. The Kier molecular flexibility index (Phi) is 12.4. The van der Waals surface area contributed by atoms with Gasteiger partial charge >= 0.3 is 6.09 Å². The monoisotopic (exact) mass is 775 g/mol. The minimum absolute atomic E-state index is 0.0373. The lowest BCUT2D eigenvalue weighted by molar-refractivity contribution is -0.138. The number of amides is 4. The van der Waals surface area contributed by atoms with Crippen LogP contribution in [0, 0.1) is 17.7 Å².